The van der Waals surface area contributed by atoms with Gasteiger partial charge in [-0.3, -0.25) is 14.4 Å². The highest BCUT2D eigenvalue weighted by Gasteiger charge is 2.47. The van der Waals surface area contributed by atoms with Crippen molar-refractivity contribution in [3.05, 3.63) is 59.7 Å². The molecule has 3 N–H and O–H groups in total. The SMILES string of the molecule is C[C@@H]1CN(C(=O)CNC(=O)CNC(=O)OCC2c3ccccc3-c3ccccc32)C[C@@]1(C)C(=O)O. The second-order valence-electron chi connectivity index (χ2n) is 9.35. The van der Waals surface area contributed by atoms with Crippen LogP contribution in [0.5, 0.6) is 0 Å². The van der Waals surface area contributed by atoms with E-state index in [2.05, 4.69) is 10.6 Å². The number of amides is 3. The van der Waals surface area contributed by atoms with Crippen LogP contribution in [0.2, 0.25) is 0 Å². The standard InChI is InChI=1S/C26H29N3O6/c1-16-13-29(15-26(16,2)24(32)33)23(31)12-27-22(30)11-28-25(34)35-14-21-19-9-5-3-7-17(19)18-8-4-6-10-20(18)21/h3-10,16,21H,11-15H2,1-2H3,(H,27,30)(H,28,34)(H,32,33)/t16-,26-/m1/s1. The molecule has 0 bridgehead atoms. The minimum atomic E-state index is -1.01. The fraction of sp³-hybridized carbons (Fsp3) is 0.385. The van der Waals surface area contributed by atoms with Gasteiger partial charge in [-0.1, -0.05) is 55.5 Å². The van der Waals surface area contributed by atoms with E-state index in [1.165, 1.54) is 4.90 Å². The van der Waals surface area contributed by atoms with Gasteiger partial charge in [-0.2, -0.15) is 0 Å². The van der Waals surface area contributed by atoms with E-state index in [9.17, 15) is 24.3 Å². The first-order chi connectivity index (χ1) is 16.7. The molecular weight excluding hydrogens is 450 g/mol. The highest BCUT2D eigenvalue weighted by molar-refractivity contribution is 5.88. The number of benzene rings is 2. The Morgan fingerprint density at radius 1 is 1.00 bits per heavy atom. The lowest BCUT2D eigenvalue weighted by Crippen LogP contribution is -2.44. The lowest BCUT2D eigenvalue weighted by atomic mass is 9.81. The number of carbonyl (C=O) groups is 4. The molecule has 0 saturated carbocycles. The number of hydrogen-bond acceptors (Lipinski definition) is 5. The van der Waals surface area contributed by atoms with Crippen molar-refractivity contribution in [2.45, 2.75) is 19.8 Å². The molecule has 1 heterocycles. The predicted molar refractivity (Wildman–Crippen MR) is 128 cm³/mol. The van der Waals surface area contributed by atoms with Crippen LogP contribution in [0.25, 0.3) is 11.1 Å². The minimum absolute atomic E-state index is 0.0843. The normalized spacial score (nSPS) is 20.6. The Bertz CT molecular complexity index is 1120. The van der Waals surface area contributed by atoms with Crippen LogP contribution in [-0.2, 0) is 19.1 Å². The molecule has 0 spiro atoms. The van der Waals surface area contributed by atoms with Crippen LogP contribution in [0.3, 0.4) is 0 Å². The molecule has 9 nitrogen and oxygen atoms in total. The zero-order valence-corrected chi connectivity index (χ0v) is 19.7. The minimum Gasteiger partial charge on any atom is -0.481 e. The maximum Gasteiger partial charge on any atom is 0.407 e. The molecule has 3 amide bonds. The van der Waals surface area contributed by atoms with E-state index in [1.807, 2.05) is 48.5 Å². The van der Waals surface area contributed by atoms with Gasteiger partial charge in [0.05, 0.1) is 12.0 Å². The van der Waals surface area contributed by atoms with E-state index < -0.39 is 23.4 Å². The summed E-state index contributed by atoms with van der Waals surface area (Å²) in [6.45, 7) is 3.34. The second-order valence-corrected chi connectivity index (χ2v) is 9.35. The van der Waals surface area contributed by atoms with Gasteiger partial charge in [0.25, 0.3) is 0 Å². The van der Waals surface area contributed by atoms with Gasteiger partial charge < -0.3 is 25.4 Å². The molecule has 2 aliphatic rings. The number of hydrogen-bond donors (Lipinski definition) is 3. The number of rotatable bonds is 7. The number of nitrogens with one attached hydrogen (secondary N) is 2. The fourth-order valence-corrected chi connectivity index (χ4v) is 4.77. The van der Waals surface area contributed by atoms with Gasteiger partial charge in [0.1, 0.15) is 13.2 Å². The number of aliphatic carboxylic acids is 1. The van der Waals surface area contributed by atoms with Crippen molar-refractivity contribution < 1.29 is 29.0 Å². The summed E-state index contributed by atoms with van der Waals surface area (Å²) < 4.78 is 5.39. The lowest BCUT2D eigenvalue weighted by Gasteiger charge is -2.22. The Kier molecular flexibility index (Phi) is 6.77. The Balaban J connectivity index is 1.22. The molecule has 184 valence electrons. The molecule has 2 aromatic carbocycles. The monoisotopic (exact) mass is 479 g/mol. The van der Waals surface area contributed by atoms with Crippen molar-refractivity contribution in [1.82, 2.24) is 15.5 Å². The predicted octanol–water partition coefficient (Wildman–Crippen LogP) is 2.21. The van der Waals surface area contributed by atoms with E-state index in [-0.39, 0.29) is 44.0 Å². The zero-order valence-electron chi connectivity index (χ0n) is 19.7. The fourth-order valence-electron chi connectivity index (χ4n) is 4.77. The van der Waals surface area contributed by atoms with Crippen LogP contribution in [-0.4, -0.2) is 66.7 Å². The Hall–Kier alpha value is -3.88. The van der Waals surface area contributed by atoms with Crippen molar-refractivity contribution in [2.24, 2.45) is 11.3 Å². The van der Waals surface area contributed by atoms with Gasteiger partial charge in [-0.05, 0) is 35.1 Å². The summed E-state index contributed by atoms with van der Waals surface area (Å²) in [4.78, 5) is 49.7. The first-order valence-electron chi connectivity index (χ1n) is 11.6. The average Bonchev–Trinajstić information content (AvgIpc) is 3.34. The highest BCUT2D eigenvalue weighted by atomic mass is 16.5. The summed E-state index contributed by atoms with van der Waals surface area (Å²) in [5, 5.41) is 14.3. The highest BCUT2D eigenvalue weighted by Crippen LogP contribution is 2.44. The van der Waals surface area contributed by atoms with Crippen LogP contribution in [0.15, 0.2) is 48.5 Å². The number of fused-ring (bicyclic) bond motifs is 3. The maximum atomic E-state index is 12.4. The van der Waals surface area contributed by atoms with Gasteiger partial charge in [-0.15, -0.1) is 0 Å². The van der Waals surface area contributed by atoms with Crippen LogP contribution in [0, 0.1) is 11.3 Å². The maximum absolute atomic E-state index is 12.4. The Labute approximate surface area is 203 Å². The molecule has 0 radical (unpaired) electrons. The van der Waals surface area contributed by atoms with Crippen molar-refractivity contribution >= 4 is 23.9 Å². The summed E-state index contributed by atoms with van der Waals surface area (Å²) >= 11 is 0. The summed E-state index contributed by atoms with van der Waals surface area (Å²) in [6, 6.07) is 16.0. The zero-order chi connectivity index (χ0) is 25.2. The molecule has 1 fully saturated rings. The van der Waals surface area contributed by atoms with Crippen LogP contribution >= 0.6 is 0 Å². The molecule has 1 aliphatic heterocycles. The van der Waals surface area contributed by atoms with Crippen molar-refractivity contribution in [3.8, 4) is 11.1 Å². The first kappa shape index (κ1) is 24.3. The third-order valence-electron chi connectivity index (χ3n) is 7.12. The van der Waals surface area contributed by atoms with E-state index in [0.29, 0.717) is 6.54 Å². The smallest absolute Gasteiger partial charge is 0.407 e. The Morgan fingerprint density at radius 2 is 1.60 bits per heavy atom. The van der Waals surface area contributed by atoms with Crippen LogP contribution < -0.4 is 10.6 Å². The molecular formula is C26H29N3O6. The molecule has 0 aromatic heterocycles. The topological polar surface area (TPSA) is 125 Å². The molecule has 9 heteroatoms. The number of likely N-dealkylation sites (tertiary alicyclic amines) is 1. The first-order valence-corrected chi connectivity index (χ1v) is 11.6. The number of ether oxygens (including phenoxy) is 1. The molecule has 1 aliphatic carbocycles. The van der Waals surface area contributed by atoms with Crippen LogP contribution in [0.1, 0.15) is 30.9 Å². The lowest BCUT2D eigenvalue weighted by molar-refractivity contribution is -0.149. The number of alkyl carbamates (subject to hydrolysis) is 1. The molecule has 1 saturated heterocycles. The molecule has 4 rings (SSSR count). The molecule has 2 atom stereocenters. The van der Waals surface area contributed by atoms with Gasteiger partial charge >= 0.3 is 12.1 Å². The summed E-state index contributed by atoms with van der Waals surface area (Å²) in [5.41, 5.74) is 3.42. The summed E-state index contributed by atoms with van der Waals surface area (Å²) in [7, 11) is 0. The van der Waals surface area contributed by atoms with Gasteiger partial charge in [0.2, 0.25) is 11.8 Å². The number of nitrogens with zero attached hydrogens (tertiary/aromatic N) is 1. The van der Waals surface area contributed by atoms with Gasteiger partial charge in [0, 0.05) is 19.0 Å². The van der Waals surface area contributed by atoms with Gasteiger partial charge in [0.15, 0.2) is 0 Å². The van der Waals surface area contributed by atoms with Crippen LogP contribution in [0.4, 0.5) is 4.79 Å². The van der Waals surface area contributed by atoms with E-state index >= 15 is 0 Å². The van der Waals surface area contributed by atoms with E-state index in [0.717, 1.165) is 22.3 Å². The quantitative estimate of drug-likeness (QED) is 0.559. The second kappa shape index (κ2) is 9.77. The third kappa shape index (κ3) is 4.84. The Morgan fingerprint density at radius 3 is 2.17 bits per heavy atom. The van der Waals surface area contributed by atoms with Gasteiger partial charge in [-0.25, -0.2) is 4.79 Å². The van der Waals surface area contributed by atoms with Crippen molar-refractivity contribution in [2.75, 3.05) is 32.8 Å². The molecule has 2 aromatic rings. The molecule has 0 unspecified atom stereocenters. The number of carboxylic acid groups (broad SMARTS) is 1. The summed E-state index contributed by atoms with van der Waals surface area (Å²) in [5.74, 6) is -2.14. The van der Waals surface area contributed by atoms with Crippen molar-refractivity contribution in [3.63, 3.8) is 0 Å². The molecule has 35 heavy (non-hydrogen) atoms. The van der Waals surface area contributed by atoms with Crippen molar-refractivity contribution in [1.29, 1.82) is 0 Å². The average molecular weight is 480 g/mol. The summed E-state index contributed by atoms with van der Waals surface area (Å²) in [6.07, 6.45) is -0.723. The largest absolute Gasteiger partial charge is 0.481 e. The third-order valence-corrected chi connectivity index (χ3v) is 7.12. The van der Waals surface area contributed by atoms with E-state index in [1.54, 1.807) is 13.8 Å². The number of carboxylic acids is 1. The van der Waals surface area contributed by atoms with E-state index in [4.69, 9.17) is 4.74 Å². The number of carbonyl (C=O) groups excluding carboxylic acids is 3.